The van der Waals surface area contributed by atoms with E-state index in [9.17, 15) is 9.59 Å². The molecule has 1 fully saturated rings. The van der Waals surface area contributed by atoms with Gasteiger partial charge in [0.25, 0.3) is 0 Å². The van der Waals surface area contributed by atoms with Gasteiger partial charge in [0.15, 0.2) is 0 Å². The molecule has 0 aromatic rings. The number of carboxylic acid groups (broad SMARTS) is 1. The molecule has 0 aromatic carbocycles. The monoisotopic (exact) mass is 254 g/mol. The Bertz CT molecular complexity index is 309. The molecule has 2 amide bonds. The smallest absolute Gasteiger partial charge is 0.323 e. The highest BCUT2D eigenvalue weighted by molar-refractivity contribution is 5.80. The molecule has 0 unspecified atom stereocenters. The van der Waals surface area contributed by atoms with Crippen LogP contribution in [0.1, 0.15) is 32.6 Å². The largest absolute Gasteiger partial charge is 0.480 e. The Morgan fingerprint density at radius 1 is 1.39 bits per heavy atom. The summed E-state index contributed by atoms with van der Waals surface area (Å²) >= 11 is 0. The number of urea groups is 1. The molecule has 0 bridgehead atoms. The first-order chi connectivity index (χ1) is 8.52. The van der Waals surface area contributed by atoms with E-state index in [1.54, 1.807) is 0 Å². The van der Waals surface area contributed by atoms with Crippen molar-refractivity contribution in [2.75, 3.05) is 13.1 Å². The molecule has 5 heteroatoms. The van der Waals surface area contributed by atoms with Gasteiger partial charge in [-0.15, -0.1) is 6.58 Å². The molecule has 0 aromatic heterocycles. The topological polar surface area (TPSA) is 69.6 Å². The van der Waals surface area contributed by atoms with Gasteiger partial charge in [-0.2, -0.15) is 0 Å². The Morgan fingerprint density at radius 2 is 2.00 bits per heavy atom. The lowest BCUT2D eigenvalue weighted by Crippen LogP contribution is -2.47. The number of aliphatic carboxylic acids is 1. The van der Waals surface area contributed by atoms with Gasteiger partial charge in [0.05, 0.1) is 0 Å². The average Bonchev–Trinajstić information content (AvgIpc) is 2.31. The molecular weight excluding hydrogens is 232 g/mol. The minimum absolute atomic E-state index is 0.176. The summed E-state index contributed by atoms with van der Waals surface area (Å²) in [5.41, 5.74) is 0. The van der Waals surface area contributed by atoms with Gasteiger partial charge in [0, 0.05) is 12.6 Å². The van der Waals surface area contributed by atoms with Crippen LogP contribution >= 0.6 is 0 Å². The SMILES string of the molecule is C=CCN(CC(=O)O)C(=O)NC1CCC(C)CC1. The zero-order chi connectivity index (χ0) is 13.5. The first-order valence-corrected chi connectivity index (χ1v) is 6.41. The summed E-state index contributed by atoms with van der Waals surface area (Å²) in [7, 11) is 0. The predicted molar refractivity (Wildman–Crippen MR) is 69.4 cm³/mol. The summed E-state index contributed by atoms with van der Waals surface area (Å²) in [4.78, 5) is 23.8. The molecule has 0 heterocycles. The van der Waals surface area contributed by atoms with Crippen molar-refractivity contribution >= 4 is 12.0 Å². The molecule has 2 N–H and O–H groups in total. The summed E-state index contributed by atoms with van der Waals surface area (Å²) in [5.74, 6) is -0.286. The van der Waals surface area contributed by atoms with Crippen molar-refractivity contribution in [2.45, 2.75) is 38.6 Å². The quantitative estimate of drug-likeness (QED) is 0.736. The summed E-state index contributed by atoms with van der Waals surface area (Å²) in [5, 5.41) is 11.6. The lowest BCUT2D eigenvalue weighted by molar-refractivity contribution is -0.137. The molecule has 0 atom stereocenters. The van der Waals surface area contributed by atoms with E-state index in [1.807, 2.05) is 0 Å². The molecule has 18 heavy (non-hydrogen) atoms. The van der Waals surface area contributed by atoms with E-state index in [1.165, 1.54) is 11.0 Å². The molecule has 1 rings (SSSR count). The molecule has 5 nitrogen and oxygen atoms in total. The molecule has 1 aliphatic rings. The van der Waals surface area contributed by atoms with E-state index < -0.39 is 5.97 Å². The van der Waals surface area contributed by atoms with Gasteiger partial charge in [-0.25, -0.2) is 4.79 Å². The van der Waals surface area contributed by atoms with Gasteiger partial charge in [-0.05, 0) is 31.6 Å². The fraction of sp³-hybridized carbons (Fsp3) is 0.692. The van der Waals surface area contributed by atoms with Crippen molar-refractivity contribution in [1.82, 2.24) is 10.2 Å². The number of carbonyl (C=O) groups excluding carboxylic acids is 1. The number of nitrogens with one attached hydrogen (secondary N) is 1. The zero-order valence-corrected chi connectivity index (χ0v) is 10.9. The Labute approximate surface area is 108 Å². The Balaban J connectivity index is 2.45. The fourth-order valence-corrected chi connectivity index (χ4v) is 2.21. The van der Waals surface area contributed by atoms with E-state index in [-0.39, 0.29) is 25.2 Å². The highest BCUT2D eigenvalue weighted by Gasteiger charge is 2.22. The highest BCUT2D eigenvalue weighted by Crippen LogP contribution is 2.23. The maximum Gasteiger partial charge on any atom is 0.323 e. The van der Waals surface area contributed by atoms with Crippen LogP contribution in [-0.4, -0.2) is 41.1 Å². The summed E-state index contributed by atoms with van der Waals surface area (Å²) in [6.45, 7) is 5.71. The number of rotatable bonds is 5. The van der Waals surface area contributed by atoms with Gasteiger partial charge in [-0.3, -0.25) is 4.79 Å². The van der Waals surface area contributed by atoms with Gasteiger partial charge >= 0.3 is 12.0 Å². The lowest BCUT2D eigenvalue weighted by atomic mass is 9.87. The highest BCUT2D eigenvalue weighted by atomic mass is 16.4. The zero-order valence-electron chi connectivity index (χ0n) is 10.9. The van der Waals surface area contributed by atoms with Crippen LogP contribution in [0.15, 0.2) is 12.7 Å². The number of nitrogens with zero attached hydrogens (tertiary/aromatic N) is 1. The summed E-state index contributed by atoms with van der Waals surface area (Å²) in [6, 6.07) is -0.133. The van der Waals surface area contributed by atoms with E-state index in [0.29, 0.717) is 0 Å². The Kier molecular flexibility index (Phi) is 5.68. The minimum atomic E-state index is -1.01. The van der Waals surface area contributed by atoms with E-state index >= 15 is 0 Å². The predicted octanol–water partition coefficient (Wildman–Crippen LogP) is 1.85. The second-order valence-electron chi connectivity index (χ2n) is 4.97. The van der Waals surface area contributed by atoms with E-state index in [0.717, 1.165) is 31.6 Å². The fourth-order valence-electron chi connectivity index (χ4n) is 2.21. The van der Waals surface area contributed by atoms with Crippen LogP contribution in [0, 0.1) is 5.92 Å². The first kappa shape index (κ1) is 14.5. The maximum absolute atomic E-state index is 11.9. The number of hydrogen-bond donors (Lipinski definition) is 2. The van der Waals surface area contributed by atoms with Gasteiger partial charge in [0.1, 0.15) is 6.54 Å². The van der Waals surface area contributed by atoms with Crippen LogP contribution in [0.5, 0.6) is 0 Å². The molecular formula is C13H22N2O3. The van der Waals surface area contributed by atoms with Crippen LogP contribution < -0.4 is 5.32 Å². The second kappa shape index (κ2) is 7.03. The number of amides is 2. The maximum atomic E-state index is 11.9. The van der Waals surface area contributed by atoms with Crippen molar-refractivity contribution in [3.63, 3.8) is 0 Å². The van der Waals surface area contributed by atoms with Crippen molar-refractivity contribution in [3.05, 3.63) is 12.7 Å². The number of carbonyl (C=O) groups is 2. The molecule has 0 saturated heterocycles. The van der Waals surface area contributed by atoms with E-state index in [2.05, 4.69) is 18.8 Å². The molecule has 1 aliphatic carbocycles. The van der Waals surface area contributed by atoms with Crippen molar-refractivity contribution in [2.24, 2.45) is 5.92 Å². The van der Waals surface area contributed by atoms with Crippen molar-refractivity contribution < 1.29 is 14.7 Å². The summed E-state index contributed by atoms with van der Waals surface area (Å²) in [6.07, 6.45) is 5.71. The lowest BCUT2D eigenvalue weighted by Gasteiger charge is -2.29. The minimum Gasteiger partial charge on any atom is -0.480 e. The van der Waals surface area contributed by atoms with Crippen molar-refractivity contribution in [3.8, 4) is 0 Å². The second-order valence-corrected chi connectivity index (χ2v) is 4.97. The summed E-state index contributed by atoms with van der Waals surface area (Å²) < 4.78 is 0. The van der Waals surface area contributed by atoms with E-state index in [4.69, 9.17) is 5.11 Å². The molecule has 0 aliphatic heterocycles. The number of hydrogen-bond acceptors (Lipinski definition) is 2. The van der Waals surface area contributed by atoms with Crippen LogP contribution in [0.4, 0.5) is 4.79 Å². The van der Waals surface area contributed by atoms with Gasteiger partial charge < -0.3 is 15.3 Å². The van der Waals surface area contributed by atoms with Crippen LogP contribution in [0.3, 0.4) is 0 Å². The Morgan fingerprint density at radius 3 is 2.50 bits per heavy atom. The third-order valence-corrected chi connectivity index (χ3v) is 3.31. The standard InChI is InChI=1S/C13H22N2O3/c1-3-8-15(9-12(16)17)13(18)14-11-6-4-10(2)5-7-11/h3,10-11H,1,4-9H2,2H3,(H,14,18)(H,16,17). The molecule has 1 saturated carbocycles. The molecule has 102 valence electrons. The normalized spacial score (nSPS) is 23.2. The molecule has 0 spiro atoms. The van der Waals surface area contributed by atoms with Crippen molar-refractivity contribution in [1.29, 1.82) is 0 Å². The average molecular weight is 254 g/mol. The van der Waals surface area contributed by atoms with Gasteiger partial charge in [-0.1, -0.05) is 13.0 Å². The third kappa shape index (κ3) is 4.77. The Hall–Kier alpha value is -1.52. The van der Waals surface area contributed by atoms with Gasteiger partial charge in [0.2, 0.25) is 0 Å². The third-order valence-electron chi connectivity index (χ3n) is 3.31. The van der Waals surface area contributed by atoms with Crippen LogP contribution in [-0.2, 0) is 4.79 Å². The molecule has 0 radical (unpaired) electrons. The number of carboxylic acids is 1. The van der Waals surface area contributed by atoms with Crippen LogP contribution in [0.2, 0.25) is 0 Å². The van der Waals surface area contributed by atoms with Crippen LogP contribution in [0.25, 0.3) is 0 Å². The first-order valence-electron chi connectivity index (χ1n) is 6.41.